The molecule has 2 heterocycles. The molecule has 0 aliphatic rings. The van der Waals surface area contributed by atoms with E-state index in [4.69, 9.17) is 0 Å². The Morgan fingerprint density at radius 3 is 2.35 bits per heavy atom. The molecular weight excluding hydrogens is 344 g/mol. The Morgan fingerprint density at radius 2 is 1.71 bits per heavy atom. The molecule has 2 rings (SSSR count). The summed E-state index contributed by atoms with van der Waals surface area (Å²) in [7, 11) is 0. The lowest BCUT2D eigenvalue weighted by Crippen LogP contribution is -1.88. The van der Waals surface area contributed by atoms with Crippen molar-refractivity contribution in [2.24, 2.45) is 0 Å². The molecule has 0 aromatic carbocycles. The first kappa shape index (κ1) is 12.5. The summed E-state index contributed by atoms with van der Waals surface area (Å²) in [5.41, 5.74) is 4.02. The maximum absolute atomic E-state index is 4.34. The predicted molar refractivity (Wildman–Crippen MR) is 78.0 cm³/mol. The SMILES string of the molecule is Cc1ccnc(-c2cc(C=C(Br)Br)ccn2)c1. The van der Waals surface area contributed by atoms with Gasteiger partial charge in [-0.1, -0.05) is 0 Å². The number of aryl methyl sites for hydroxylation is 1. The summed E-state index contributed by atoms with van der Waals surface area (Å²) in [6.45, 7) is 2.05. The second kappa shape index (κ2) is 5.56. The Balaban J connectivity index is 2.43. The van der Waals surface area contributed by atoms with Gasteiger partial charge >= 0.3 is 0 Å². The van der Waals surface area contributed by atoms with Gasteiger partial charge in [0.25, 0.3) is 0 Å². The van der Waals surface area contributed by atoms with Gasteiger partial charge in [0.05, 0.1) is 14.8 Å². The van der Waals surface area contributed by atoms with Crippen molar-refractivity contribution in [1.82, 2.24) is 9.97 Å². The molecule has 0 spiro atoms. The molecule has 2 aromatic heterocycles. The van der Waals surface area contributed by atoms with Gasteiger partial charge in [0.15, 0.2) is 0 Å². The van der Waals surface area contributed by atoms with Gasteiger partial charge in [0.2, 0.25) is 0 Å². The topological polar surface area (TPSA) is 25.8 Å². The van der Waals surface area contributed by atoms with Crippen molar-refractivity contribution in [3.05, 3.63) is 51.2 Å². The van der Waals surface area contributed by atoms with Gasteiger partial charge in [-0.3, -0.25) is 9.97 Å². The van der Waals surface area contributed by atoms with Gasteiger partial charge in [0, 0.05) is 12.4 Å². The highest BCUT2D eigenvalue weighted by atomic mass is 79.9. The molecule has 0 N–H and O–H groups in total. The van der Waals surface area contributed by atoms with Crippen molar-refractivity contribution >= 4 is 37.9 Å². The zero-order chi connectivity index (χ0) is 12.3. The number of rotatable bonds is 2. The van der Waals surface area contributed by atoms with Crippen molar-refractivity contribution in [2.45, 2.75) is 6.92 Å². The first-order valence-electron chi connectivity index (χ1n) is 5.07. The minimum Gasteiger partial charge on any atom is -0.255 e. The average molecular weight is 354 g/mol. The fourth-order valence-electron chi connectivity index (χ4n) is 1.48. The molecule has 0 unspecified atom stereocenters. The molecule has 0 saturated carbocycles. The van der Waals surface area contributed by atoms with E-state index in [1.807, 2.05) is 37.3 Å². The molecule has 0 saturated heterocycles. The third-order valence-corrected chi connectivity index (χ3v) is 2.70. The van der Waals surface area contributed by atoms with Crippen molar-refractivity contribution in [3.63, 3.8) is 0 Å². The Hall–Kier alpha value is -1.00. The summed E-state index contributed by atoms with van der Waals surface area (Å²) in [4.78, 5) is 8.66. The lowest BCUT2D eigenvalue weighted by molar-refractivity contribution is 1.23. The first-order valence-corrected chi connectivity index (χ1v) is 6.65. The van der Waals surface area contributed by atoms with Crippen molar-refractivity contribution in [3.8, 4) is 11.4 Å². The summed E-state index contributed by atoms with van der Waals surface area (Å²) in [5.74, 6) is 0. The predicted octanol–water partition coefficient (Wildman–Crippen LogP) is 4.54. The molecule has 0 bridgehead atoms. The van der Waals surface area contributed by atoms with E-state index in [0.717, 1.165) is 20.3 Å². The summed E-state index contributed by atoms with van der Waals surface area (Å²) in [6, 6.07) is 7.95. The average Bonchev–Trinajstić information content (AvgIpc) is 2.28. The second-order valence-electron chi connectivity index (χ2n) is 3.63. The van der Waals surface area contributed by atoms with Crippen LogP contribution in [0.4, 0.5) is 0 Å². The largest absolute Gasteiger partial charge is 0.255 e. The third kappa shape index (κ3) is 3.48. The molecule has 86 valence electrons. The molecule has 17 heavy (non-hydrogen) atoms. The van der Waals surface area contributed by atoms with E-state index >= 15 is 0 Å². The quantitative estimate of drug-likeness (QED) is 0.792. The van der Waals surface area contributed by atoms with E-state index < -0.39 is 0 Å². The maximum atomic E-state index is 4.34. The fraction of sp³-hybridized carbons (Fsp3) is 0.0769. The van der Waals surface area contributed by atoms with Gasteiger partial charge < -0.3 is 0 Å². The molecule has 0 aliphatic carbocycles. The molecule has 0 aliphatic heterocycles. The molecule has 0 radical (unpaired) electrons. The molecule has 0 amide bonds. The van der Waals surface area contributed by atoms with Crippen LogP contribution in [0.2, 0.25) is 0 Å². The second-order valence-corrected chi connectivity index (χ2v) is 6.40. The van der Waals surface area contributed by atoms with Crippen LogP contribution in [0.1, 0.15) is 11.1 Å². The number of aromatic nitrogens is 2. The lowest BCUT2D eigenvalue weighted by atomic mass is 10.1. The number of pyridine rings is 2. The molecule has 2 aromatic rings. The van der Waals surface area contributed by atoms with Crippen molar-refractivity contribution in [1.29, 1.82) is 0 Å². The van der Waals surface area contributed by atoms with Crippen LogP contribution in [0, 0.1) is 6.92 Å². The van der Waals surface area contributed by atoms with Crippen LogP contribution >= 0.6 is 31.9 Å². The maximum Gasteiger partial charge on any atom is 0.0892 e. The summed E-state index contributed by atoms with van der Waals surface area (Å²) in [6.07, 6.45) is 5.56. The molecule has 2 nitrogen and oxygen atoms in total. The van der Waals surface area contributed by atoms with Crippen LogP contribution in [0.5, 0.6) is 0 Å². The van der Waals surface area contributed by atoms with Crippen molar-refractivity contribution < 1.29 is 0 Å². The van der Waals surface area contributed by atoms with E-state index in [0.29, 0.717) is 0 Å². The van der Waals surface area contributed by atoms with Gasteiger partial charge in [-0.25, -0.2) is 0 Å². The van der Waals surface area contributed by atoms with Crippen LogP contribution in [-0.4, -0.2) is 9.97 Å². The highest BCUT2D eigenvalue weighted by Gasteiger charge is 2.01. The number of halogens is 2. The number of hydrogen-bond acceptors (Lipinski definition) is 2. The van der Waals surface area contributed by atoms with Gasteiger partial charge in [-0.05, 0) is 80.3 Å². The molecule has 0 atom stereocenters. The van der Waals surface area contributed by atoms with Crippen LogP contribution in [0.3, 0.4) is 0 Å². The highest BCUT2D eigenvalue weighted by molar-refractivity contribution is 9.28. The molecular formula is C13H10Br2N2. The zero-order valence-corrected chi connectivity index (χ0v) is 12.4. The Morgan fingerprint density at radius 1 is 1.06 bits per heavy atom. The molecule has 0 fully saturated rings. The van der Waals surface area contributed by atoms with E-state index in [1.54, 1.807) is 12.4 Å². The van der Waals surface area contributed by atoms with E-state index in [2.05, 4.69) is 41.8 Å². The Bertz CT molecular complexity index is 561. The summed E-state index contributed by atoms with van der Waals surface area (Å²) in [5, 5.41) is 0. The van der Waals surface area contributed by atoms with Crippen LogP contribution < -0.4 is 0 Å². The van der Waals surface area contributed by atoms with Gasteiger partial charge in [-0.2, -0.15) is 0 Å². The van der Waals surface area contributed by atoms with Crippen molar-refractivity contribution in [2.75, 3.05) is 0 Å². The van der Waals surface area contributed by atoms with E-state index in [1.165, 1.54) is 5.56 Å². The minimum absolute atomic E-state index is 0.878. The van der Waals surface area contributed by atoms with Crippen LogP contribution in [-0.2, 0) is 0 Å². The van der Waals surface area contributed by atoms with Crippen LogP contribution in [0.15, 0.2) is 40.1 Å². The Labute approximate surface area is 117 Å². The minimum atomic E-state index is 0.878. The smallest absolute Gasteiger partial charge is 0.0892 e. The van der Waals surface area contributed by atoms with Gasteiger partial charge in [0.1, 0.15) is 0 Å². The highest BCUT2D eigenvalue weighted by Crippen LogP contribution is 2.21. The van der Waals surface area contributed by atoms with Crippen LogP contribution in [0.25, 0.3) is 17.5 Å². The first-order chi connectivity index (χ1) is 8.15. The monoisotopic (exact) mass is 352 g/mol. The zero-order valence-electron chi connectivity index (χ0n) is 9.19. The summed E-state index contributed by atoms with van der Waals surface area (Å²) < 4.78 is 0.902. The molecule has 4 heteroatoms. The third-order valence-electron chi connectivity index (χ3n) is 2.24. The number of hydrogen-bond donors (Lipinski definition) is 0. The van der Waals surface area contributed by atoms with E-state index in [-0.39, 0.29) is 0 Å². The Kier molecular flexibility index (Phi) is 4.07. The number of nitrogens with zero attached hydrogens (tertiary/aromatic N) is 2. The summed E-state index contributed by atoms with van der Waals surface area (Å²) >= 11 is 6.69. The standard InChI is InChI=1S/C13H10Br2N2/c1-9-2-4-16-11(6-9)12-7-10(3-5-17-12)8-13(14)15/h2-8H,1H3. The fourth-order valence-corrected chi connectivity index (χ4v) is 2.01. The lowest BCUT2D eigenvalue weighted by Gasteiger charge is -2.02. The van der Waals surface area contributed by atoms with Gasteiger partial charge in [-0.15, -0.1) is 0 Å². The normalized spacial score (nSPS) is 10.1. The van der Waals surface area contributed by atoms with E-state index in [9.17, 15) is 0 Å².